The average Bonchev–Trinajstić information content (AvgIpc) is 3.28. The molecule has 6 heteroatoms. The van der Waals surface area contributed by atoms with Gasteiger partial charge in [-0.1, -0.05) is 66.7 Å². The van der Waals surface area contributed by atoms with E-state index in [0.717, 1.165) is 54.6 Å². The first kappa shape index (κ1) is 20.9. The first-order chi connectivity index (χ1) is 16.2. The summed E-state index contributed by atoms with van der Waals surface area (Å²) < 4.78 is 0. The highest BCUT2D eigenvalue weighted by Crippen LogP contribution is 2.30. The first-order valence-electron chi connectivity index (χ1n) is 11.4. The van der Waals surface area contributed by atoms with Crippen LogP contribution in [0.5, 0.6) is 0 Å². The van der Waals surface area contributed by atoms with Gasteiger partial charge in [0, 0.05) is 30.9 Å². The van der Waals surface area contributed by atoms with Gasteiger partial charge in [0.15, 0.2) is 11.6 Å². The Kier molecular flexibility index (Phi) is 6.15. The Labute approximate surface area is 194 Å². The minimum atomic E-state index is 0.603. The molecule has 0 radical (unpaired) electrons. The Morgan fingerprint density at radius 3 is 2.30 bits per heavy atom. The molecule has 0 aliphatic carbocycles. The lowest BCUT2D eigenvalue weighted by molar-refractivity contribution is 0.502. The molecule has 0 bridgehead atoms. The molecule has 0 spiro atoms. The number of benzene rings is 2. The van der Waals surface area contributed by atoms with Crippen molar-refractivity contribution in [3.05, 3.63) is 95.4 Å². The normalized spacial score (nSPS) is 14.6. The maximum absolute atomic E-state index is 4.88. The van der Waals surface area contributed by atoms with E-state index in [9.17, 15) is 0 Å². The van der Waals surface area contributed by atoms with Gasteiger partial charge >= 0.3 is 0 Å². The van der Waals surface area contributed by atoms with Crippen LogP contribution < -0.4 is 10.2 Å². The van der Waals surface area contributed by atoms with E-state index in [1.54, 1.807) is 0 Å². The van der Waals surface area contributed by atoms with E-state index < -0.39 is 0 Å². The Morgan fingerprint density at radius 1 is 0.879 bits per heavy atom. The maximum Gasteiger partial charge on any atom is 0.156 e. The minimum Gasteiger partial charge on any atom is -0.356 e. The summed E-state index contributed by atoms with van der Waals surface area (Å²) in [5, 5.41) is 10.6. The highest BCUT2D eigenvalue weighted by atomic mass is 15.2. The van der Waals surface area contributed by atoms with E-state index in [-0.39, 0.29) is 0 Å². The Hall–Kier alpha value is -3.93. The van der Waals surface area contributed by atoms with Crippen LogP contribution in [0.2, 0.25) is 0 Å². The predicted molar refractivity (Wildman–Crippen MR) is 135 cm³/mol. The van der Waals surface area contributed by atoms with Gasteiger partial charge < -0.3 is 10.2 Å². The van der Waals surface area contributed by atoms with Gasteiger partial charge in [0.1, 0.15) is 11.6 Å². The number of aromatic amines is 1. The second-order valence-electron chi connectivity index (χ2n) is 8.45. The van der Waals surface area contributed by atoms with Crippen LogP contribution >= 0.6 is 0 Å². The van der Waals surface area contributed by atoms with Gasteiger partial charge in [-0.2, -0.15) is 5.10 Å². The number of aromatic nitrogens is 4. The largest absolute Gasteiger partial charge is 0.356 e. The Bertz CT molecular complexity index is 1210. The lowest BCUT2D eigenvalue weighted by atomic mass is 9.89. The van der Waals surface area contributed by atoms with Crippen molar-refractivity contribution < 1.29 is 0 Å². The van der Waals surface area contributed by atoms with Crippen LogP contribution in [0, 0.1) is 6.92 Å². The Morgan fingerprint density at radius 2 is 1.61 bits per heavy atom. The number of aryl methyl sites for hydroxylation is 1. The predicted octanol–water partition coefficient (Wildman–Crippen LogP) is 5.81. The molecule has 1 aliphatic heterocycles. The van der Waals surface area contributed by atoms with E-state index in [1.807, 2.05) is 49.4 Å². The fraction of sp³-hybridized carbons (Fsp3) is 0.222. The lowest BCUT2D eigenvalue weighted by Gasteiger charge is -2.33. The molecule has 166 valence electrons. The summed E-state index contributed by atoms with van der Waals surface area (Å²) in [4.78, 5) is 12.0. The SMILES string of the molecule is Cc1cc(Nc2cc(N3CCC(c4ccccc4)CC3)nc(C=Cc3ccccc3)n2)n[nH]1. The van der Waals surface area contributed by atoms with E-state index in [0.29, 0.717) is 11.7 Å². The average molecular weight is 437 g/mol. The van der Waals surface area contributed by atoms with Gasteiger partial charge in [0.25, 0.3) is 0 Å². The number of anilines is 3. The fourth-order valence-electron chi connectivity index (χ4n) is 4.27. The van der Waals surface area contributed by atoms with Gasteiger partial charge in [0.2, 0.25) is 0 Å². The molecular formula is C27H28N6. The van der Waals surface area contributed by atoms with Crippen molar-refractivity contribution in [2.45, 2.75) is 25.7 Å². The molecule has 0 saturated carbocycles. The molecule has 6 nitrogen and oxygen atoms in total. The molecule has 1 fully saturated rings. The molecule has 5 rings (SSSR count). The number of hydrogen-bond donors (Lipinski definition) is 2. The number of H-pyrrole nitrogens is 1. The topological polar surface area (TPSA) is 69.7 Å². The molecule has 0 unspecified atom stereocenters. The van der Waals surface area contributed by atoms with Crippen LogP contribution in [0.3, 0.4) is 0 Å². The van der Waals surface area contributed by atoms with Gasteiger partial charge in [-0.15, -0.1) is 0 Å². The maximum atomic E-state index is 4.88. The molecular weight excluding hydrogens is 408 g/mol. The second-order valence-corrected chi connectivity index (χ2v) is 8.45. The summed E-state index contributed by atoms with van der Waals surface area (Å²) in [7, 11) is 0. The number of hydrogen-bond acceptors (Lipinski definition) is 5. The number of piperidine rings is 1. The highest BCUT2D eigenvalue weighted by Gasteiger charge is 2.22. The zero-order valence-corrected chi connectivity index (χ0v) is 18.8. The summed E-state index contributed by atoms with van der Waals surface area (Å²) in [6, 6.07) is 25.0. The van der Waals surface area contributed by atoms with Crippen molar-refractivity contribution in [3.63, 3.8) is 0 Å². The summed E-state index contributed by atoms with van der Waals surface area (Å²) in [5.74, 6) is 3.71. The van der Waals surface area contributed by atoms with Crippen LogP contribution in [0.4, 0.5) is 17.5 Å². The lowest BCUT2D eigenvalue weighted by Crippen LogP contribution is -2.33. The molecule has 3 heterocycles. The van der Waals surface area contributed by atoms with Crippen LogP contribution in [0.15, 0.2) is 72.8 Å². The third kappa shape index (κ3) is 5.29. The summed E-state index contributed by atoms with van der Waals surface area (Å²) in [6.45, 7) is 3.92. The van der Waals surface area contributed by atoms with Crippen LogP contribution in [0.25, 0.3) is 12.2 Å². The van der Waals surface area contributed by atoms with E-state index in [1.165, 1.54) is 5.56 Å². The molecule has 2 aromatic heterocycles. The third-order valence-corrected chi connectivity index (χ3v) is 6.01. The van der Waals surface area contributed by atoms with Gasteiger partial charge in [-0.25, -0.2) is 9.97 Å². The summed E-state index contributed by atoms with van der Waals surface area (Å²) >= 11 is 0. The zero-order chi connectivity index (χ0) is 22.5. The number of nitrogens with one attached hydrogen (secondary N) is 2. The Balaban J connectivity index is 1.38. The standard InChI is InChI=1S/C27H28N6/c1-20-18-26(32-31-20)29-25-19-27(30-24(28-25)13-12-21-8-4-2-5-9-21)33-16-14-23(15-17-33)22-10-6-3-7-11-22/h2-13,18-19,23H,14-17H2,1H3,(H2,28,29,30,31,32). The number of nitrogens with zero attached hydrogens (tertiary/aromatic N) is 4. The van der Waals surface area contributed by atoms with Crippen molar-refractivity contribution in [1.82, 2.24) is 20.2 Å². The molecule has 1 saturated heterocycles. The summed E-state index contributed by atoms with van der Waals surface area (Å²) in [5.41, 5.74) is 3.55. The van der Waals surface area contributed by atoms with Gasteiger partial charge in [-0.05, 0) is 42.9 Å². The van der Waals surface area contributed by atoms with E-state index >= 15 is 0 Å². The van der Waals surface area contributed by atoms with Crippen LogP contribution in [-0.2, 0) is 0 Å². The van der Waals surface area contributed by atoms with Crippen molar-refractivity contribution in [3.8, 4) is 0 Å². The van der Waals surface area contributed by atoms with E-state index in [4.69, 9.17) is 9.97 Å². The molecule has 1 aliphatic rings. The first-order valence-corrected chi connectivity index (χ1v) is 11.4. The quantitative estimate of drug-likeness (QED) is 0.399. The molecule has 4 aromatic rings. The van der Waals surface area contributed by atoms with Crippen LogP contribution in [-0.4, -0.2) is 33.3 Å². The molecule has 0 amide bonds. The molecule has 33 heavy (non-hydrogen) atoms. The summed E-state index contributed by atoms with van der Waals surface area (Å²) in [6.07, 6.45) is 6.24. The van der Waals surface area contributed by atoms with Crippen molar-refractivity contribution in [1.29, 1.82) is 0 Å². The highest BCUT2D eigenvalue weighted by molar-refractivity contribution is 5.69. The van der Waals surface area contributed by atoms with Crippen molar-refractivity contribution in [2.24, 2.45) is 0 Å². The third-order valence-electron chi connectivity index (χ3n) is 6.01. The minimum absolute atomic E-state index is 0.603. The van der Waals surface area contributed by atoms with Crippen LogP contribution in [0.1, 0.15) is 41.4 Å². The van der Waals surface area contributed by atoms with Crippen molar-refractivity contribution >= 4 is 29.6 Å². The fourth-order valence-corrected chi connectivity index (χ4v) is 4.27. The molecule has 2 N–H and O–H groups in total. The number of rotatable bonds is 6. The zero-order valence-electron chi connectivity index (χ0n) is 18.8. The van der Waals surface area contributed by atoms with Gasteiger partial charge in [-0.3, -0.25) is 5.10 Å². The molecule has 2 aromatic carbocycles. The van der Waals surface area contributed by atoms with Gasteiger partial charge in [0.05, 0.1) is 0 Å². The monoisotopic (exact) mass is 436 g/mol. The second kappa shape index (κ2) is 9.69. The molecule has 0 atom stereocenters. The smallest absolute Gasteiger partial charge is 0.156 e. The van der Waals surface area contributed by atoms with E-state index in [2.05, 4.69) is 62.9 Å². The van der Waals surface area contributed by atoms with Crippen molar-refractivity contribution in [2.75, 3.05) is 23.3 Å².